The quantitative estimate of drug-likeness (QED) is 0.474. The summed E-state index contributed by atoms with van der Waals surface area (Å²) in [7, 11) is -4.02. The average Bonchev–Trinajstić information content (AvgIpc) is 3.59. The minimum atomic E-state index is -4.02. The van der Waals surface area contributed by atoms with Gasteiger partial charge in [-0.2, -0.15) is 0 Å². The Bertz CT molecular complexity index is 1220. The summed E-state index contributed by atoms with van der Waals surface area (Å²) < 4.78 is 30.9. The van der Waals surface area contributed by atoms with Crippen molar-refractivity contribution in [2.24, 2.45) is 0 Å². The number of hydrogen-bond donors (Lipinski definition) is 1. The SMILES string of the molecule is Cc1ccc(C)c(S(=O)(=O)C2(C(=O)OCC(=O)c3c[nH]c(C(=O)N4CCCC4)c3)CCCC2)c1. The lowest BCUT2D eigenvalue weighted by Gasteiger charge is -2.27. The maximum absolute atomic E-state index is 13.7. The number of ether oxygens (including phenoxy) is 1. The maximum atomic E-state index is 13.7. The molecule has 1 N–H and O–H groups in total. The largest absolute Gasteiger partial charge is 0.456 e. The molecule has 9 heteroatoms. The number of carbonyl (C=O) groups is 3. The van der Waals surface area contributed by atoms with Gasteiger partial charge in [0.25, 0.3) is 5.91 Å². The van der Waals surface area contributed by atoms with Crippen molar-refractivity contribution in [2.75, 3.05) is 19.7 Å². The predicted molar refractivity (Wildman–Crippen MR) is 126 cm³/mol. The number of nitrogens with one attached hydrogen (secondary N) is 1. The third-order valence-corrected chi connectivity index (χ3v) is 9.52. The first-order valence-electron chi connectivity index (χ1n) is 11.7. The number of sulfone groups is 1. The molecule has 0 unspecified atom stereocenters. The Balaban J connectivity index is 1.49. The minimum Gasteiger partial charge on any atom is -0.456 e. The van der Waals surface area contributed by atoms with Crippen LogP contribution in [0.1, 0.15) is 70.5 Å². The van der Waals surface area contributed by atoms with Gasteiger partial charge in [-0.25, -0.2) is 8.42 Å². The summed E-state index contributed by atoms with van der Waals surface area (Å²) in [5.74, 6) is -1.55. The van der Waals surface area contributed by atoms with Crippen molar-refractivity contribution in [3.63, 3.8) is 0 Å². The van der Waals surface area contributed by atoms with Crippen molar-refractivity contribution in [1.29, 1.82) is 0 Å². The van der Waals surface area contributed by atoms with Gasteiger partial charge in [0.1, 0.15) is 5.69 Å². The Morgan fingerprint density at radius 2 is 1.71 bits per heavy atom. The number of rotatable bonds is 7. The van der Waals surface area contributed by atoms with E-state index < -0.39 is 32.9 Å². The molecule has 2 aromatic rings. The van der Waals surface area contributed by atoms with Crippen molar-refractivity contribution in [3.05, 3.63) is 52.8 Å². The van der Waals surface area contributed by atoms with Gasteiger partial charge in [0.05, 0.1) is 4.90 Å². The highest BCUT2D eigenvalue weighted by molar-refractivity contribution is 7.93. The molecule has 1 saturated heterocycles. The monoisotopic (exact) mass is 486 g/mol. The van der Waals surface area contributed by atoms with Crippen LogP contribution in [-0.4, -0.2) is 60.4 Å². The van der Waals surface area contributed by atoms with E-state index in [0.29, 0.717) is 37.2 Å². The van der Waals surface area contributed by atoms with Crippen molar-refractivity contribution < 1.29 is 27.5 Å². The van der Waals surface area contributed by atoms with Crippen molar-refractivity contribution in [2.45, 2.75) is 62.0 Å². The molecule has 1 aromatic carbocycles. The predicted octanol–water partition coefficient (Wildman–Crippen LogP) is 3.38. The Morgan fingerprint density at radius 3 is 2.38 bits per heavy atom. The molecule has 8 nitrogen and oxygen atoms in total. The van der Waals surface area contributed by atoms with E-state index in [-0.39, 0.29) is 29.2 Å². The van der Waals surface area contributed by atoms with Crippen molar-refractivity contribution in [3.8, 4) is 0 Å². The molecule has 1 saturated carbocycles. The summed E-state index contributed by atoms with van der Waals surface area (Å²) >= 11 is 0. The second-order valence-electron chi connectivity index (χ2n) is 9.27. The first kappa shape index (κ1) is 24.2. The van der Waals surface area contributed by atoms with Crippen LogP contribution < -0.4 is 0 Å². The highest BCUT2D eigenvalue weighted by Gasteiger charge is 2.54. The molecule has 0 atom stereocenters. The molecule has 34 heavy (non-hydrogen) atoms. The van der Waals surface area contributed by atoms with Gasteiger partial charge in [0, 0.05) is 24.8 Å². The number of carbonyl (C=O) groups excluding carboxylic acids is 3. The Kier molecular flexibility index (Phi) is 6.66. The van der Waals surface area contributed by atoms with Gasteiger partial charge in [-0.3, -0.25) is 14.4 Å². The molecule has 0 spiro atoms. The van der Waals surface area contributed by atoms with E-state index in [2.05, 4.69) is 4.98 Å². The molecular weight excluding hydrogens is 456 g/mol. The lowest BCUT2D eigenvalue weighted by molar-refractivity contribution is -0.145. The summed E-state index contributed by atoms with van der Waals surface area (Å²) in [6.07, 6.45) is 4.84. The summed E-state index contributed by atoms with van der Waals surface area (Å²) in [5, 5.41) is 0. The number of ketones is 1. The third-order valence-electron chi connectivity index (χ3n) is 6.89. The number of likely N-dealkylation sites (tertiary alicyclic amines) is 1. The number of hydrogen-bond acceptors (Lipinski definition) is 6. The molecule has 1 aliphatic heterocycles. The van der Waals surface area contributed by atoms with E-state index >= 15 is 0 Å². The van der Waals surface area contributed by atoms with E-state index in [9.17, 15) is 22.8 Å². The van der Waals surface area contributed by atoms with Crippen LogP contribution in [0, 0.1) is 13.8 Å². The van der Waals surface area contributed by atoms with E-state index in [1.54, 1.807) is 30.9 Å². The molecule has 0 bridgehead atoms. The normalized spacial score (nSPS) is 17.6. The smallest absolute Gasteiger partial charge is 0.328 e. The standard InChI is InChI=1S/C25H30N2O6S/c1-17-7-8-18(2)22(13-17)34(31,32)25(9-3-4-10-25)24(30)33-16-21(28)19-14-20(26-15-19)23(29)27-11-5-6-12-27/h7-8,13-15,26H,3-6,9-12,16H2,1-2H3. The molecule has 1 aromatic heterocycles. The summed E-state index contributed by atoms with van der Waals surface area (Å²) in [5.41, 5.74) is 1.88. The molecular formula is C25H30N2O6S. The third kappa shape index (κ3) is 4.29. The first-order valence-corrected chi connectivity index (χ1v) is 13.1. The highest BCUT2D eigenvalue weighted by Crippen LogP contribution is 2.42. The second kappa shape index (κ2) is 9.37. The van der Waals surface area contributed by atoms with Gasteiger partial charge >= 0.3 is 5.97 Å². The number of amides is 1. The number of nitrogens with zero attached hydrogens (tertiary/aromatic N) is 1. The van der Waals surface area contributed by atoms with Crippen LogP contribution in [0.4, 0.5) is 0 Å². The van der Waals surface area contributed by atoms with Gasteiger partial charge < -0.3 is 14.6 Å². The number of Topliss-reactive ketones (excluding diaryl/α,β-unsaturated/α-hetero) is 1. The summed E-state index contributed by atoms with van der Waals surface area (Å²) in [6.45, 7) is 4.30. The van der Waals surface area contributed by atoms with Gasteiger partial charge in [0.2, 0.25) is 5.78 Å². The van der Waals surface area contributed by atoms with Gasteiger partial charge in [0.15, 0.2) is 21.2 Å². The van der Waals surface area contributed by atoms with Gasteiger partial charge in [-0.1, -0.05) is 25.0 Å². The van der Waals surface area contributed by atoms with Gasteiger partial charge in [-0.05, 0) is 62.8 Å². The highest BCUT2D eigenvalue weighted by atomic mass is 32.2. The lowest BCUT2D eigenvalue weighted by atomic mass is 10.1. The number of H-pyrrole nitrogens is 1. The fourth-order valence-corrected chi connectivity index (χ4v) is 7.21. The number of benzene rings is 1. The van der Waals surface area contributed by atoms with E-state index in [0.717, 1.165) is 18.4 Å². The zero-order valence-corrected chi connectivity index (χ0v) is 20.4. The molecule has 2 heterocycles. The Hall–Kier alpha value is -2.94. The van der Waals surface area contributed by atoms with Crippen LogP contribution in [0.5, 0.6) is 0 Å². The molecule has 1 amide bonds. The van der Waals surface area contributed by atoms with E-state index in [4.69, 9.17) is 4.74 Å². The molecule has 1 aliphatic carbocycles. The lowest BCUT2D eigenvalue weighted by Crippen LogP contribution is -2.46. The van der Waals surface area contributed by atoms with Crippen LogP contribution in [0.2, 0.25) is 0 Å². The van der Waals surface area contributed by atoms with Crippen LogP contribution in [0.25, 0.3) is 0 Å². The zero-order valence-electron chi connectivity index (χ0n) is 19.6. The molecule has 4 rings (SSSR count). The maximum Gasteiger partial charge on any atom is 0.328 e. The fraction of sp³-hybridized carbons (Fsp3) is 0.480. The minimum absolute atomic E-state index is 0.133. The fourth-order valence-electron chi connectivity index (χ4n) is 4.85. The van der Waals surface area contributed by atoms with Gasteiger partial charge in [-0.15, -0.1) is 0 Å². The summed E-state index contributed by atoms with van der Waals surface area (Å²) in [6, 6.07) is 6.59. The second-order valence-corrected chi connectivity index (χ2v) is 11.5. The molecule has 2 fully saturated rings. The Labute approximate surface area is 199 Å². The molecule has 182 valence electrons. The van der Waals surface area contributed by atoms with Crippen LogP contribution in [-0.2, 0) is 19.4 Å². The number of aromatic nitrogens is 1. The van der Waals surface area contributed by atoms with Crippen LogP contribution in [0.15, 0.2) is 35.4 Å². The van der Waals surface area contributed by atoms with E-state index in [1.165, 1.54) is 12.3 Å². The number of aryl methyl sites for hydroxylation is 2. The van der Waals surface area contributed by atoms with Crippen LogP contribution >= 0.6 is 0 Å². The van der Waals surface area contributed by atoms with E-state index in [1.807, 2.05) is 6.07 Å². The molecule has 2 aliphatic rings. The van der Waals surface area contributed by atoms with Crippen LogP contribution in [0.3, 0.4) is 0 Å². The number of esters is 1. The number of aromatic amines is 1. The molecule has 0 radical (unpaired) electrons. The zero-order chi connectivity index (χ0) is 24.5. The van der Waals surface area contributed by atoms with Crippen molar-refractivity contribution in [1.82, 2.24) is 9.88 Å². The summed E-state index contributed by atoms with van der Waals surface area (Å²) in [4.78, 5) is 43.0. The topological polar surface area (TPSA) is 114 Å². The average molecular weight is 487 g/mol. The van der Waals surface area contributed by atoms with Crippen molar-refractivity contribution >= 4 is 27.5 Å². The Morgan fingerprint density at radius 1 is 1.03 bits per heavy atom. The first-order chi connectivity index (χ1) is 16.2.